The molecule has 0 spiro atoms. The maximum absolute atomic E-state index is 7.50. The minimum Gasteiger partial charge on any atom is -0.412 e. The van der Waals surface area contributed by atoms with Gasteiger partial charge in [0.1, 0.15) is 0 Å². The molecule has 110 valence electrons. The fourth-order valence-electron chi connectivity index (χ4n) is 1.85. The molecule has 0 saturated carbocycles. The highest BCUT2D eigenvalue weighted by Gasteiger charge is 2.13. The van der Waals surface area contributed by atoms with E-state index in [0.29, 0.717) is 0 Å². The molecule has 0 atom stereocenters. The number of likely N-dealkylation sites (N-methyl/N-ethyl adjacent to an activating group) is 1. The monoisotopic (exact) mass is 269 g/mol. The second kappa shape index (κ2) is 13.1. The third kappa shape index (κ3) is 8.42. The van der Waals surface area contributed by atoms with Gasteiger partial charge in [-0.2, -0.15) is 4.91 Å². The predicted molar refractivity (Wildman–Crippen MR) is 80.3 cm³/mol. The van der Waals surface area contributed by atoms with E-state index in [0.717, 1.165) is 6.54 Å². The Labute approximate surface area is 116 Å². The molecule has 2 rings (SSSR count). The molecule has 3 N–H and O–H groups in total. The highest BCUT2D eigenvalue weighted by molar-refractivity contribution is 5.14. The van der Waals surface area contributed by atoms with Crippen LogP contribution in [0.2, 0.25) is 0 Å². The first-order chi connectivity index (χ1) is 8.84. The molecule has 5 heteroatoms. The number of nitrogens with one attached hydrogen (secondary N) is 1. The van der Waals surface area contributed by atoms with Gasteiger partial charge in [0.25, 0.3) is 0 Å². The lowest BCUT2D eigenvalue weighted by Gasteiger charge is -2.32. The molecule has 19 heavy (non-hydrogen) atoms. The first-order valence-corrected chi connectivity index (χ1v) is 6.50. The van der Waals surface area contributed by atoms with Gasteiger partial charge in [-0.3, -0.25) is 4.90 Å². The van der Waals surface area contributed by atoms with Crippen LogP contribution in [0.5, 0.6) is 0 Å². The standard InChI is InChI=1S/C12H18N2.C2H6.HNO.H2O/c1-13-7-9-14(10-8-13)11-12-5-3-2-4-6-12;2*1-2;/h2-6H,7-11H2,1H3;1-2H3;1H;1H2. The summed E-state index contributed by atoms with van der Waals surface area (Å²) < 4.78 is 0. The third-order valence-corrected chi connectivity index (χ3v) is 2.84. The Kier molecular flexibility index (Phi) is 13.8. The van der Waals surface area contributed by atoms with Gasteiger partial charge in [-0.15, -0.1) is 0 Å². The molecule has 1 heterocycles. The number of rotatable bonds is 2. The van der Waals surface area contributed by atoms with Gasteiger partial charge in [0, 0.05) is 32.7 Å². The molecule has 0 amide bonds. The van der Waals surface area contributed by atoms with Crippen molar-refractivity contribution in [2.75, 3.05) is 33.2 Å². The van der Waals surface area contributed by atoms with E-state index in [1.54, 1.807) is 0 Å². The summed E-state index contributed by atoms with van der Waals surface area (Å²) in [6.07, 6.45) is 0. The largest absolute Gasteiger partial charge is 0.412 e. The Morgan fingerprint density at radius 2 is 1.47 bits per heavy atom. The maximum Gasteiger partial charge on any atom is 0.0234 e. The Bertz CT molecular complexity index is 288. The molecule has 5 nitrogen and oxygen atoms in total. The molecule has 0 radical (unpaired) electrons. The van der Waals surface area contributed by atoms with Crippen molar-refractivity contribution in [2.24, 2.45) is 0 Å². The maximum atomic E-state index is 7.50. The van der Waals surface area contributed by atoms with Crippen LogP contribution in [0.15, 0.2) is 30.3 Å². The van der Waals surface area contributed by atoms with Crippen LogP contribution < -0.4 is 0 Å². The molecule has 1 aromatic carbocycles. The summed E-state index contributed by atoms with van der Waals surface area (Å²) in [5, 5.41) is 0. The average molecular weight is 269 g/mol. The number of hydrogen-bond acceptors (Lipinski definition) is 4. The Morgan fingerprint density at radius 3 is 1.95 bits per heavy atom. The van der Waals surface area contributed by atoms with Crippen LogP contribution in [0.1, 0.15) is 19.4 Å². The molecule has 0 bridgehead atoms. The van der Waals surface area contributed by atoms with Gasteiger partial charge < -0.3 is 10.4 Å². The lowest BCUT2D eigenvalue weighted by atomic mass is 10.2. The van der Waals surface area contributed by atoms with Gasteiger partial charge in [-0.1, -0.05) is 49.8 Å². The lowest BCUT2D eigenvalue weighted by molar-refractivity contribution is 0.148. The van der Waals surface area contributed by atoms with E-state index in [9.17, 15) is 0 Å². The topological polar surface area (TPSA) is 78.9 Å². The van der Waals surface area contributed by atoms with Gasteiger partial charge in [0.2, 0.25) is 0 Å². The van der Waals surface area contributed by atoms with Gasteiger partial charge in [0.15, 0.2) is 0 Å². The molecule has 0 aromatic heterocycles. The molecule has 1 aliphatic heterocycles. The Hall–Kier alpha value is -1.30. The molecular weight excluding hydrogens is 242 g/mol. The van der Waals surface area contributed by atoms with E-state index >= 15 is 0 Å². The van der Waals surface area contributed by atoms with Crippen molar-refractivity contribution >= 4 is 0 Å². The number of hydrogen-bond donors (Lipinski definition) is 1. The van der Waals surface area contributed by atoms with E-state index < -0.39 is 0 Å². The molecular formula is C14H27N3O2. The Morgan fingerprint density at radius 1 is 1.00 bits per heavy atom. The van der Waals surface area contributed by atoms with Gasteiger partial charge in [-0.05, 0) is 12.6 Å². The van der Waals surface area contributed by atoms with Crippen LogP contribution in [-0.4, -0.2) is 48.5 Å². The van der Waals surface area contributed by atoms with Crippen molar-refractivity contribution in [1.82, 2.24) is 9.80 Å². The summed E-state index contributed by atoms with van der Waals surface area (Å²) in [7, 11) is 2.19. The minimum atomic E-state index is 0. The van der Waals surface area contributed by atoms with Crippen LogP contribution in [0.4, 0.5) is 0 Å². The molecule has 0 aliphatic carbocycles. The van der Waals surface area contributed by atoms with Crippen LogP contribution in [-0.2, 0) is 6.54 Å². The summed E-state index contributed by atoms with van der Waals surface area (Å²) in [4.78, 5) is 12.4. The van der Waals surface area contributed by atoms with Crippen molar-refractivity contribution in [3.63, 3.8) is 0 Å². The zero-order valence-electron chi connectivity index (χ0n) is 12.2. The van der Waals surface area contributed by atoms with Crippen molar-refractivity contribution < 1.29 is 5.48 Å². The second-order valence-electron chi connectivity index (χ2n) is 4.07. The third-order valence-electron chi connectivity index (χ3n) is 2.84. The van der Waals surface area contributed by atoms with Crippen molar-refractivity contribution in [2.45, 2.75) is 20.4 Å². The quantitative estimate of drug-likeness (QED) is 0.834. The van der Waals surface area contributed by atoms with Gasteiger partial charge in [0.05, 0.1) is 0 Å². The van der Waals surface area contributed by atoms with Crippen LogP contribution in [0.25, 0.3) is 0 Å². The molecule has 1 aromatic rings. The lowest BCUT2D eigenvalue weighted by Crippen LogP contribution is -2.43. The summed E-state index contributed by atoms with van der Waals surface area (Å²) in [6.45, 7) is 9.91. The fourth-order valence-corrected chi connectivity index (χ4v) is 1.85. The second-order valence-corrected chi connectivity index (χ2v) is 4.07. The van der Waals surface area contributed by atoms with E-state index in [1.807, 2.05) is 13.8 Å². The summed E-state index contributed by atoms with van der Waals surface area (Å²) >= 11 is 0. The number of piperazine rings is 1. The predicted octanol–water partition coefficient (Wildman–Crippen LogP) is 1.97. The summed E-state index contributed by atoms with van der Waals surface area (Å²) in [5.74, 6) is 0. The van der Waals surface area contributed by atoms with Crippen LogP contribution in [0.3, 0.4) is 0 Å². The van der Waals surface area contributed by atoms with E-state index in [4.69, 9.17) is 4.91 Å². The minimum absolute atomic E-state index is 0. The highest BCUT2D eigenvalue weighted by atomic mass is 16.2. The zero-order chi connectivity index (χ0) is 13.8. The van der Waals surface area contributed by atoms with Gasteiger partial charge >= 0.3 is 0 Å². The van der Waals surface area contributed by atoms with Crippen molar-refractivity contribution in [3.05, 3.63) is 40.8 Å². The molecule has 1 saturated heterocycles. The first-order valence-electron chi connectivity index (χ1n) is 6.50. The van der Waals surface area contributed by atoms with E-state index in [-0.39, 0.29) is 5.48 Å². The number of benzene rings is 1. The Balaban J connectivity index is 0. The number of nitroso groups, excluding NO2 is 1. The number of nitrogens with zero attached hydrogens (tertiary/aromatic N) is 2. The van der Waals surface area contributed by atoms with Crippen molar-refractivity contribution in [3.8, 4) is 0 Å². The van der Waals surface area contributed by atoms with Crippen LogP contribution >= 0.6 is 0 Å². The van der Waals surface area contributed by atoms with Crippen LogP contribution in [0, 0.1) is 10.5 Å². The molecule has 1 aliphatic rings. The first kappa shape index (κ1) is 20.0. The normalized spacial score (nSPS) is 15.1. The highest BCUT2D eigenvalue weighted by Crippen LogP contribution is 2.06. The van der Waals surface area contributed by atoms with E-state index in [2.05, 4.69) is 52.8 Å². The smallest absolute Gasteiger partial charge is 0.0234 e. The summed E-state index contributed by atoms with van der Waals surface area (Å²) in [5.41, 5.74) is 5.93. The fraction of sp³-hybridized carbons (Fsp3) is 0.571. The van der Waals surface area contributed by atoms with Crippen molar-refractivity contribution in [1.29, 1.82) is 5.59 Å². The average Bonchev–Trinajstić information content (AvgIpc) is 2.47. The van der Waals surface area contributed by atoms with E-state index in [1.165, 1.54) is 31.7 Å². The molecule has 1 fully saturated rings. The molecule has 0 unspecified atom stereocenters. The summed E-state index contributed by atoms with van der Waals surface area (Å²) in [6, 6.07) is 10.7. The zero-order valence-corrected chi connectivity index (χ0v) is 12.2. The van der Waals surface area contributed by atoms with Gasteiger partial charge in [-0.25, -0.2) is 0 Å². The SMILES string of the molecule is CC.CN1CCN(Cc2ccccc2)CC1.N=O.O.